The van der Waals surface area contributed by atoms with Crippen LogP contribution in [0.3, 0.4) is 0 Å². The van der Waals surface area contributed by atoms with Crippen LogP contribution in [0.15, 0.2) is 58.5 Å². The highest BCUT2D eigenvalue weighted by atomic mass is 32.2. The van der Waals surface area contributed by atoms with Crippen LogP contribution in [0, 0.1) is 0 Å². The zero-order valence-electron chi connectivity index (χ0n) is 14.8. The topological polar surface area (TPSA) is 101 Å². The second-order valence-corrected chi connectivity index (χ2v) is 8.55. The lowest BCUT2D eigenvalue weighted by Gasteiger charge is -2.13. The molecule has 27 heavy (non-hydrogen) atoms. The first-order chi connectivity index (χ1) is 13.0. The van der Waals surface area contributed by atoms with Crippen LogP contribution in [0.2, 0.25) is 0 Å². The van der Waals surface area contributed by atoms with E-state index in [9.17, 15) is 13.2 Å². The number of aliphatic imine (C=N–C) groups is 1. The molecule has 2 N–H and O–H groups in total. The van der Waals surface area contributed by atoms with Gasteiger partial charge in [-0.2, -0.15) is 11.8 Å². The summed E-state index contributed by atoms with van der Waals surface area (Å²) >= 11 is 1.60. The molecule has 2 heterocycles. The number of nitrogens with one attached hydrogen (secondary N) is 2. The number of benzene rings is 1. The summed E-state index contributed by atoms with van der Waals surface area (Å²) in [4.78, 5) is 21.5. The quantitative estimate of drug-likeness (QED) is 0.729. The second-order valence-electron chi connectivity index (χ2n) is 5.92. The number of fused-ring (bicyclic) bond motifs is 1. The molecule has 0 saturated carbocycles. The van der Waals surface area contributed by atoms with E-state index in [2.05, 4.69) is 20.0 Å². The van der Waals surface area contributed by atoms with Crippen molar-refractivity contribution in [2.75, 3.05) is 12.0 Å². The molecule has 1 aliphatic heterocycles. The number of hydrogen-bond donors (Lipinski definition) is 2. The smallest absolute Gasteiger partial charge is 0.263 e. The van der Waals surface area contributed by atoms with Crippen molar-refractivity contribution in [3.63, 3.8) is 0 Å². The van der Waals surface area contributed by atoms with E-state index in [1.165, 1.54) is 6.07 Å². The number of aromatic nitrogens is 1. The number of carbonyl (C=O) groups is 1. The SMILES string of the molecule is CSCC[C@@H](N=C1NS(=O)(=O)c2ccccc21)C(=O)NCc1ccccn1. The normalized spacial score (nSPS) is 17.1. The molecule has 9 heteroatoms. The Bertz CT molecular complexity index is 946. The van der Waals surface area contributed by atoms with Crippen LogP contribution in [0.25, 0.3) is 0 Å². The van der Waals surface area contributed by atoms with Gasteiger partial charge in [-0.15, -0.1) is 0 Å². The molecule has 0 radical (unpaired) electrons. The Morgan fingerprint density at radius 3 is 2.78 bits per heavy atom. The predicted molar refractivity (Wildman–Crippen MR) is 106 cm³/mol. The fraction of sp³-hybridized carbons (Fsp3) is 0.278. The zero-order valence-corrected chi connectivity index (χ0v) is 16.4. The molecule has 2 aromatic rings. The lowest BCUT2D eigenvalue weighted by Crippen LogP contribution is -2.35. The van der Waals surface area contributed by atoms with Crippen molar-refractivity contribution in [1.82, 2.24) is 15.0 Å². The van der Waals surface area contributed by atoms with Crippen LogP contribution in [0.1, 0.15) is 17.7 Å². The molecule has 0 saturated heterocycles. The van der Waals surface area contributed by atoms with E-state index in [0.29, 0.717) is 18.5 Å². The number of amidine groups is 1. The summed E-state index contributed by atoms with van der Waals surface area (Å²) in [6.07, 6.45) is 4.11. The average Bonchev–Trinajstić information content (AvgIpc) is 2.94. The van der Waals surface area contributed by atoms with Gasteiger partial charge in [0.2, 0.25) is 5.91 Å². The van der Waals surface area contributed by atoms with Gasteiger partial charge in [0.15, 0.2) is 0 Å². The fourth-order valence-electron chi connectivity index (χ4n) is 2.67. The number of thioether (sulfide) groups is 1. The van der Waals surface area contributed by atoms with Gasteiger partial charge >= 0.3 is 0 Å². The van der Waals surface area contributed by atoms with Gasteiger partial charge in [-0.3, -0.25) is 19.5 Å². The van der Waals surface area contributed by atoms with Gasteiger partial charge < -0.3 is 5.32 Å². The molecule has 3 rings (SSSR count). The lowest BCUT2D eigenvalue weighted by molar-refractivity contribution is -0.122. The third-order valence-corrected chi connectivity index (χ3v) is 6.06. The number of amides is 1. The molecule has 0 spiro atoms. The zero-order chi connectivity index (χ0) is 19.3. The van der Waals surface area contributed by atoms with Crippen molar-refractivity contribution >= 4 is 33.5 Å². The maximum Gasteiger partial charge on any atom is 0.263 e. The van der Waals surface area contributed by atoms with Crippen molar-refractivity contribution < 1.29 is 13.2 Å². The Labute approximate surface area is 162 Å². The first-order valence-corrected chi connectivity index (χ1v) is 11.3. The van der Waals surface area contributed by atoms with Gasteiger partial charge in [0.25, 0.3) is 10.0 Å². The minimum atomic E-state index is -3.63. The van der Waals surface area contributed by atoms with E-state index < -0.39 is 16.1 Å². The maximum absolute atomic E-state index is 12.7. The number of nitrogens with zero attached hydrogens (tertiary/aromatic N) is 2. The van der Waals surface area contributed by atoms with Gasteiger partial charge in [-0.25, -0.2) is 8.42 Å². The highest BCUT2D eigenvalue weighted by Gasteiger charge is 2.31. The molecule has 7 nitrogen and oxygen atoms in total. The van der Waals surface area contributed by atoms with E-state index in [1.807, 2.05) is 24.5 Å². The molecular weight excluding hydrogens is 384 g/mol. The number of pyridine rings is 1. The molecule has 0 unspecified atom stereocenters. The Kier molecular flexibility index (Phi) is 6.12. The number of sulfonamides is 1. The third-order valence-electron chi connectivity index (χ3n) is 4.02. The van der Waals surface area contributed by atoms with Gasteiger partial charge in [0, 0.05) is 11.8 Å². The van der Waals surface area contributed by atoms with E-state index in [-0.39, 0.29) is 16.6 Å². The molecule has 0 aliphatic carbocycles. The second kappa shape index (κ2) is 8.53. The first kappa shape index (κ1) is 19.4. The Morgan fingerprint density at radius 2 is 2.04 bits per heavy atom. The van der Waals surface area contributed by atoms with Gasteiger partial charge in [-0.05, 0) is 42.7 Å². The summed E-state index contributed by atoms with van der Waals surface area (Å²) in [5.41, 5.74) is 1.23. The van der Waals surface area contributed by atoms with Crippen LogP contribution in [0.4, 0.5) is 0 Å². The molecule has 0 bridgehead atoms. The molecular formula is C18H20N4O3S2. The van der Waals surface area contributed by atoms with Crippen molar-refractivity contribution in [2.24, 2.45) is 4.99 Å². The van der Waals surface area contributed by atoms with Gasteiger partial charge in [0.05, 0.1) is 17.1 Å². The molecule has 0 fully saturated rings. The van der Waals surface area contributed by atoms with E-state index >= 15 is 0 Å². The van der Waals surface area contributed by atoms with E-state index in [4.69, 9.17) is 0 Å². The monoisotopic (exact) mass is 404 g/mol. The third kappa shape index (κ3) is 4.67. The Hall–Kier alpha value is -2.39. The largest absolute Gasteiger partial charge is 0.349 e. The van der Waals surface area contributed by atoms with Crippen molar-refractivity contribution in [1.29, 1.82) is 0 Å². The van der Waals surface area contributed by atoms with E-state index in [1.54, 1.807) is 36.2 Å². The van der Waals surface area contributed by atoms with Crippen molar-refractivity contribution in [3.8, 4) is 0 Å². The van der Waals surface area contributed by atoms with Crippen molar-refractivity contribution in [3.05, 3.63) is 59.9 Å². The summed E-state index contributed by atoms with van der Waals surface area (Å²) in [6, 6.07) is 11.4. The van der Waals surface area contributed by atoms with Crippen LogP contribution < -0.4 is 10.0 Å². The lowest BCUT2D eigenvalue weighted by atomic mass is 10.2. The Morgan fingerprint density at radius 1 is 1.26 bits per heavy atom. The molecule has 1 aromatic carbocycles. The predicted octanol–water partition coefficient (Wildman–Crippen LogP) is 1.56. The first-order valence-electron chi connectivity index (χ1n) is 8.38. The van der Waals surface area contributed by atoms with Gasteiger partial charge in [0.1, 0.15) is 11.9 Å². The minimum absolute atomic E-state index is 0.182. The highest BCUT2D eigenvalue weighted by Crippen LogP contribution is 2.23. The van der Waals surface area contributed by atoms with Gasteiger partial charge in [-0.1, -0.05) is 18.2 Å². The van der Waals surface area contributed by atoms with Crippen molar-refractivity contribution in [2.45, 2.75) is 23.9 Å². The molecule has 1 atom stereocenters. The summed E-state index contributed by atoms with van der Waals surface area (Å²) < 4.78 is 26.9. The number of rotatable bonds is 7. The minimum Gasteiger partial charge on any atom is -0.349 e. The fourth-order valence-corrected chi connectivity index (χ4v) is 4.37. The summed E-state index contributed by atoms with van der Waals surface area (Å²) in [6.45, 7) is 0.294. The maximum atomic E-state index is 12.7. The number of hydrogen-bond acceptors (Lipinski definition) is 6. The van der Waals surface area contributed by atoms with Crippen LogP contribution in [-0.4, -0.2) is 43.2 Å². The summed E-state index contributed by atoms with van der Waals surface area (Å²) in [5, 5.41) is 2.83. The van der Waals surface area contributed by atoms with Crippen LogP contribution >= 0.6 is 11.8 Å². The average molecular weight is 405 g/mol. The summed E-state index contributed by atoms with van der Waals surface area (Å²) in [7, 11) is -3.63. The molecule has 1 aromatic heterocycles. The van der Waals surface area contributed by atoms with Crippen LogP contribution in [-0.2, 0) is 21.4 Å². The molecule has 142 valence electrons. The molecule has 1 amide bonds. The summed E-state index contributed by atoms with van der Waals surface area (Å²) in [5.74, 6) is 0.683. The highest BCUT2D eigenvalue weighted by molar-refractivity contribution is 7.98. The standard InChI is InChI=1S/C18H20N4O3S2/c1-26-11-9-15(18(23)20-12-13-6-4-5-10-19-13)21-17-14-7-2-3-8-16(14)27(24,25)22-17/h2-8,10,15H,9,11-12H2,1H3,(H,20,23)(H,21,22)/t15-/m1/s1. The number of carbonyl (C=O) groups excluding carboxylic acids is 1. The Balaban J connectivity index is 1.81. The van der Waals surface area contributed by atoms with E-state index in [0.717, 1.165) is 11.4 Å². The molecule has 1 aliphatic rings. The van der Waals surface area contributed by atoms with Crippen LogP contribution in [0.5, 0.6) is 0 Å².